The topological polar surface area (TPSA) is 65.3 Å². The van der Waals surface area contributed by atoms with Gasteiger partial charge < -0.3 is 9.47 Å². The first-order chi connectivity index (χ1) is 11.7. The highest BCUT2D eigenvalue weighted by Crippen LogP contribution is 2.34. The van der Waals surface area contributed by atoms with Crippen molar-refractivity contribution in [1.29, 1.82) is 0 Å². The molecule has 1 aromatic carbocycles. The van der Waals surface area contributed by atoms with Crippen LogP contribution in [0.15, 0.2) is 30.3 Å². The Kier molecular flexibility index (Phi) is 4.30. The average Bonchev–Trinajstić information content (AvgIpc) is 3.26. The van der Waals surface area contributed by atoms with Gasteiger partial charge in [0.15, 0.2) is 11.6 Å². The lowest BCUT2D eigenvalue weighted by molar-refractivity contribution is -0.192. The van der Waals surface area contributed by atoms with Gasteiger partial charge in [-0.15, -0.1) is 5.10 Å². The fourth-order valence-corrected chi connectivity index (χ4v) is 3.67. The zero-order valence-electron chi connectivity index (χ0n) is 14.0. The van der Waals surface area contributed by atoms with Gasteiger partial charge in [0.1, 0.15) is 0 Å². The summed E-state index contributed by atoms with van der Waals surface area (Å²) in [7, 11) is 0. The fourth-order valence-electron chi connectivity index (χ4n) is 3.67. The number of hydrogen-bond donors (Lipinski definition) is 0. The number of para-hydroxylation sites is 1. The summed E-state index contributed by atoms with van der Waals surface area (Å²) in [6.07, 6.45) is 2.27. The third kappa shape index (κ3) is 3.07. The van der Waals surface area contributed by atoms with Crippen LogP contribution in [0, 0.1) is 5.92 Å². The maximum absolute atomic E-state index is 5.86. The van der Waals surface area contributed by atoms with Gasteiger partial charge >= 0.3 is 0 Å². The fraction of sp³-hybridized carbons (Fsp3) is 0.588. The smallest absolute Gasteiger partial charge is 0.170 e. The molecule has 0 aliphatic carbocycles. The average molecular weight is 329 g/mol. The van der Waals surface area contributed by atoms with Gasteiger partial charge in [0.25, 0.3) is 0 Å². The van der Waals surface area contributed by atoms with Gasteiger partial charge in [0, 0.05) is 12.5 Å². The Morgan fingerprint density at radius 3 is 2.79 bits per heavy atom. The highest BCUT2D eigenvalue weighted by Gasteiger charge is 2.41. The molecule has 2 aromatic rings. The van der Waals surface area contributed by atoms with Crippen LogP contribution in [0.2, 0.25) is 0 Å². The zero-order valence-corrected chi connectivity index (χ0v) is 14.0. The third-order valence-corrected chi connectivity index (χ3v) is 5.01. The number of likely N-dealkylation sites (tertiary alicyclic amines) is 1. The lowest BCUT2D eigenvalue weighted by atomic mass is 9.90. The van der Waals surface area contributed by atoms with Gasteiger partial charge in [-0.05, 0) is 48.9 Å². The van der Waals surface area contributed by atoms with Crippen molar-refractivity contribution in [1.82, 2.24) is 25.1 Å². The predicted octanol–water partition coefficient (Wildman–Crippen LogP) is 1.64. The number of aromatic nitrogens is 4. The Morgan fingerprint density at radius 2 is 2.00 bits per heavy atom. The van der Waals surface area contributed by atoms with E-state index in [-0.39, 0.29) is 0 Å². The van der Waals surface area contributed by atoms with Crippen molar-refractivity contribution in [3.8, 4) is 5.69 Å². The minimum absolute atomic E-state index is 0.384. The minimum Gasteiger partial charge on any atom is -0.347 e. The molecular formula is C17H23N5O2. The van der Waals surface area contributed by atoms with E-state index in [1.165, 1.54) is 0 Å². The predicted molar refractivity (Wildman–Crippen MR) is 87.5 cm³/mol. The maximum Gasteiger partial charge on any atom is 0.170 e. The molecule has 0 N–H and O–H groups in total. The molecule has 0 unspecified atom stereocenters. The molecule has 3 heterocycles. The first-order valence-electron chi connectivity index (χ1n) is 8.57. The molecule has 7 nitrogen and oxygen atoms in total. The van der Waals surface area contributed by atoms with E-state index in [0.717, 1.165) is 44.0 Å². The van der Waals surface area contributed by atoms with Crippen molar-refractivity contribution >= 4 is 0 Å². The van der Waals surface area contributed by atoms with E-state index in [1.807, 2.05) is 35.0 Å². The third-order valence-electron chi connectivity index (χ3n) is 5.01. The summed E-state index contributed by atoms with van der Waals surface area (Å²) in [5, 5.41) is 12.2. The van der Waals surface area contributed by atoms with Crippen molar-refractivity contribution in [2.75, 3.05) is 26.3 Å². The van der Waals surface area contributed by atoms with Crippen LogP contribution in [-0.2, 0) is 16.0 Å². The second-order valence-electron chi connectivity index (χ2n) is 6.63. The lowest BCUT2D eigenvalue weighted by Gasteiger charge is -2.39. The zero-order chi connectivity index (χ0) is 16.4. The molecule has 0 bridgehead atoms. The van der Waals surface area contributed by atoms with E-state index in [9.17, 15) is 0 Å². The molecular weight excluding hydrogens is 306 g/mol. The molecule has 0 spiro atoms. The number of rotatable bonds is 4. The second-order valence-corrected chi connectivity index (χ2v) is 6.63. The molecule has 1 aromatic heterocycles. The summed E-state index contributed by atoms with van der Waals surface area (Å²) in [5.41, 5.74) is 0.987. The molecule has 2 fully saturated rings. The van der Waals surface area contributed by atoms with Crippen LogP contribution in [0.4, 0.5) is 0 Å². The number of piperidine rings is 1. The standard InChI is InChI=1S/C17H23N5O2/c1-17(23-10-11-24-17)14-6-5-9-21(12-14)13-16-18-19-20-22(16)15-7-3-2-4-8-15/h2-4,7-8,14H,5-6,9-13H2,1H3/t14-/m0/s1. The molecule has 128 valence electrons. The molecule has 1 atom stereocenters. The number of tetrazole rings is 1. The molecule has 2 aliphatic heterocycles. The Hall–Kier alpha value is -1.83. The van der Waals surface area contributed by atoms with Gasteiger partial charge in [-0.25, -0.2) is 0 Å². The molecule has 2 aliphatic rings. The Labute approximate surface area is 141 Å². The van der Waals surface area contributed by atoms with Crippen LogP contribution in [0.3, 0.4) is 0 Å². The van der Waals surface area contributed by atoms with Gasteiger partial charge in [-0.1, -0.05) is 18.2 Å². The van der Waals surface area contributed by atoms with Crippen LogP contribution in [0.25, 0.3) is 5.69 Å². The lowest BCUT2D eigenvalue weighted by Crippen LogP contribution is -2.46. The molecule has 7 heteroatoms. The van der Waals surface area contributed by atoms with E-state index in [1.54, 1.807) is 0 Å². The molecule has 24 heavy (non-hydrogen) atoms. The summed E-state index contributed by atoms with van der Waals surface area (Å²) in [5.74, 6) is 0.805. The first kappa shape index (κ1) is 15.7. The summed E-state index contributed by atoms with van der Waals surface area (Å²) >= 11 is 0. The largest absolute Gasteiger partial charge is 0.347 e. The van der Waals surface area contributed by atoms with Gasteiger partial charge in [0.05, 0.1) is 25.4 Å². The van der Waals surface area contributed by atoms with Crippen molar-refractivity contribution in [2.24, 2.45) is 5.92 Å². The normalized spacial score (nSPS) is 24.3. The molecule has 4 rings (SSSR count). The SMILES string of the molecule is CC1([C@H]2CCCN(Cc3nnnn3-c3ccccc3)C2)OCCO1. The summed E-state index contributed by atoms with van der Waals surface area (Å²) in [6.45, 7) is 6.18. The summed E-state index contributed by atoms with van der Waals surface area (Å²) < 4.78 is 13.5. The first-order valence-corrected chi connectivity index (χ1v) is 8.57. The van der Waals surface area contributed by atoms with Crippen LogP contribution >= 0.6 is 0 Å². The van der Waals surface area contributed by atoms with Crippen LogP contribution < -0.4 is 0 Å². The monoisotopic (exact) mass is 329 g/mol. The van der Waals surface area contributed by atoms with E-state index >= 15 is 0 Å². The van der Waals surface area contributed by atoms with Gasteiger partial charge in [0.2, 0.25) is 0 Å². The minimum atomic E-state index is -0.440. The number of nitrogens with zero attached hydrogens (tertiary/aromatic N) is 5. The summed E-state index contributed by atoms with van der Waals surface area (Å²) in [6, 6.07) is 10.0. The van der Waals surface area contributed by atoms with E-state index < -0.39 is 5.79 Å². The van der Waals surface area contributed by atoms with Crippen molar-refractivity contribution < 1.29 is 9.47 Å². The van der Waals surface area contributed by atoms with Crippen molar-refractivity contribution in [3.63, 3.8) is 0 Å². The second kappa shape index (κ2) is 6.58. The van der Waals surface area contributed by atoms with E-state index in [4.69, 9.17) is 9.47 Å². The Morgan fingerprint density at radius 1 is 1.21 bits per heavy atom. The van der Waals surface area contributed by atoms with Gasteiger partial charge in [-0.2, -0.15) is 4.68 Å². The highest BCUT2D eigenvalue weighted by molar-refractivity contribution is 5.30. The summed E-state index contributed by atoms with van der Waals surface area (Å²) in [4.78, 5) is 2.40. The Balaban J connectivity index is 1.47. The molecule has 2 saturated heterocycles. The Bertz CT molecular complexity index is 669. The van der Waals surface area contributed by atoms with E-state index in [2.05, 4.69) is 27.3 Å². The van der Waals surface area contributed by atoms with Crippen molar-refractivity contribution in [2.45, 2.75) is 32.1 Å². The van der Waals surface area contributed by atoms with Crippen molar-refractivity contribution in [3.05, 3.63) is 36.2 Å². The quantitative estimate of drug-likeness (QED) is 0.849. The van der Waals surface area contributed by atoms with Crippen LogP contribution in [0.5, 0.6) is 0 Å². The molecule has 0 amide bonds. The van der Waals surface area contributed by atoms with Gasteiger partial charge in [-0.3, -0.25) is 4.90 Å². The highest BCUT2D eigenvalue weighted by atomic mass is 16.7. The number of hydrogen-bond acceptors (Lipinski definition) is 6. The number of ether oxygens (including phenoxy) is 2. The van der Waals surface area contributed by atoms with Crippen LogP contribution in [-0.4, -0.2) is 57.2 Å². The van der Waals surface area contributed by atoms with E-state index in [0.29, 0.717) is 19.1 Å². The molecule has 0 radical (unpaired) electrons. The maximum atomic E-state index is 5.86. The van der Waals surface area contributed by atoms with Crippen LogP contribution in [0.1, 0.15) is 25.6 Å². The molecule has 0 saturated carbocycles. The number of benzene rings is 1.